The Bertz CT molecular complexity index is 1020. The van der Waals surface area contributed by atoms with Gasteiger partial charge in [-0.25, -0.2) is 0 Å². The second kappa shape index (κ2) is 14.8. The molecule has 0 aromatic heterocycles. The predicted octanol–water partition coefficient (Wildman–Crippen LogP) is 2.92. The van der Waals surface area contributed by atoms with Crippen LogP contribution in [0.15, 0.2) is 54.6 Å². The number of carbonyl (C=O) groups excluding carboxylic acids is 4. The van der Waals surface area contributed by atoms with Crippen molar-refractivity contribution < 1.29 is 24.3 Å². The van der Waals surface area contributed by atoms with Crippen LogP contribution in [0.5, 0.6) is 5.75 Å². The molecule has 0 fully saturated rings. The van der Waals surface area contributed by atoms with Crippen LogP contribution >= 0.6 is 0 Å². The summed E-state index contributed by atoms with van der Waals surface area (Å²) < 4.78 is 0. The maximum atomic E-state index is 13.3. The van der Waals surface area contributed by atoms with Gasteiger partial charge in [0.05, 0.1) is 0 Å². The van der Waals surface area contributed by atoms with E-state index in [4.69, 9.17) is 0 Å². The Labute approximate surface area is 219 Å². The Hall–Kier alpha value is -3.68. The first kappa shape index (κ1) is 29.5. The number of rotatable bonds is 14. The molecule has 0 saturated carbocycles. The molecule has 0 unspecified atom stereocenters. The molecule has 0 spiro atoms. The number of benzene rings is 2. The van der Waals surface area contributed by atoms with Gasteiger partial charge in [0.15, 0.2) is 0 Å². The molecule has 2 aromatic rings. The highest BCUT2D eigenvalue weighted by molar-refractivity contribution is 5.92. The van der Waals surface area contributed by atoms with E-state index in [2.05, 4.69) is 16.0 Å². The van der Waals surface area contributed by atoms with E-state index in [9.17, 15) is 24.3 Å². The normalized spacial score (nSPS) is 13.5. The third-order valence-corrected chi connectivity index (χ3v) is 5.92. The second-order valence-corrected chi connectivity index (χ2v) is 10.1. The van der Waals surface area contributed by atoms with Crippen molar-refractivity contribution >= 4 is 24.0 Å². The number of hydrogen-bond donors (Lipinski definition) is 4. The van der Waals surface area contributed by atoms with Crippen LogP contribution in [0.2, 0.25) is 0 Å². The lowest BCUT2D eigenvalue weighted by molar-refractivity contribution is -0.133. The van der Waals surface area contributed by atoms with Crippen LogP contribution in [0.3, 0.4) is 0 Å². The molecule has 8 heteroatoms. The summed E-state index contributed by atoms with van der Waals surface area (Å²) in [6.07, 6.45) is 1.87. The van der Waals surface area contributed by atoms with Crippen molar-refractivity contribution in [2.24, 2.45) is 11.8 Å². The van der Waals surface area contributed by atoms with E-state index >= 15 is 0 Å². The molecule has 0 aliphatic heterocycles. The van der Waals surface area contributed by atoms with Crippen LogP contribution in [-0.4, -0.2) is 47.2 Å². The zero-order chi connectivity index (χ0) is 27.4. The Kier molecular flexibility index (Phi) is 11.8. The highest BCUT2D eigenvalue weighted by Crippen LogP contribution is 2.13. The van der Waals surface area contributed by atoms with Crippen LogP contribution < -0.4 is 16.0 Å². The summed E-state index contributed by atoms with van der Waals surface area (Å²) in [6, 6.07) is 13.8. The molecule has 0 heterocycles. The minimum Gasteiger partial charge on any atom is -0.508 e. The predicted molar refractivity (Wildman–Crippen MR) is 143 cm³/mol. The Morgan fingerprint density at radius 1 is 0.811 bits per heavy atom. The monoisotopic (exact) mass is 509 g/mol. The fourth-order valence-electron chi connectivity index (χ4n) is 3.99. The van der Waals surface area contributed by atoms with Crippen molar-refractivity contribution in [3.8, 4) is 5.75 Å². The molecular weight excluding hydrogens is 470 g/mol. The smallest absolute Gasteiger partial charge is 0.243 e. The molecule has 0 aliphatic rings. The largest absolute Gasteiger partial charge is 0.508 e. The van der Waals surface area contributed by atoms with E-state index in [-0.39, 0.29) is 48.7 Å². The topological polar surface area (TPSA) is 125 Å². The molecular formula is C29H39N3O5. The number of aldehydes is 1. The lowest BCUT2D eigenvalue weighted by Gasteiger charge is -2.27. The second-order valence-electron chi connectivity index (χ2n) is 10.1. The molecule has 0 aliphatic carbocycles. The van der Waals surface area contributed by atoms with Gasteiger partial charge in [-0.05, 0) is 41.5 Å². The van der Waals surface area contributed by atoms with Crippen LogP contribution in [0.1, 0.15) is 51.7 Å². The third kappa shape index (κ3) is 10.5. The van der Waals surface area contributed by atoms with Gasteiger partial charge in [0.2, 0.25) is 17.7 Å². The molecule has 0 radical (unpaired) electrons. The molecule has 200 valence electrons. The minimum absolute atomic E-state index is 0.102. The van der Waals surface area contributed by atoms with Crippen LogP contribution in [-0.2, 0) is 32.0 Å². The first-order chi connectivity index (χ1) is 17.6. The molecule has 4 N–H and O–H groups in total. The maximum absolute atomic E-state index is 13.3. The number of hydrogen-bond acceptors (Lipinski definition) is 5. The summed E-state index contributed by atoms with van der Waals surface area (Å²) in [4.78, 5) is 50.3. The van der Waals surface area contributed by atoms with Gasteiger partial charge in [-0.3, -0.25) is 14.4 Å². The number of phenolic OH excluding ortho intramolecular Hbond substituents is 1. The molecule has 0 bridgehead atoms. The Morgan fingerprint density at radius 2 is 1.43 bits per heavy atom. The molecule has 3 atom stereocenters. The van der Waals surface area contributed by atoms with Gasteiger partial charge in [-0.15, -0.1) is 0 Å². The highest BCUT2D eigenvalue weighted by atomic mass is 16.3. The lowest BCUT2D eigenvalue weighted by Crippen LogP contribution is -2.57. The van der Waals surface area contributed by atoms with Gasteiger partial charge < -0.3 is 25.9 Å². The standard InChI is InChI=1S/C29H39N3O5/c1-19(2)16-26(35)31-25(18-22-10-12-24(34)13-11-22)28(36)32-27(20(3)4)29(37)30-23(14-15-33)17-21-8-6-5-7-9-21/h5-13,15,19-20,23,25,27,34H,14,16-18H2,1-4H3,(H,30,37)(H,31,35)(H,32,36)/t23-,25+,27-/m0/s1. The summed E-state index contributed by atoms with van der Waals surface area (Å²) in [7, 11) is 0. The van der Waals surface area contributed by atoms with Gasteiger partial charge in [-0.1, -0.05) is 70.2 Å². The molecule has 2 aromatic carbocycles. The molecule has 37 heavy (non-hydrogen) atoms. The average molecular weight is 510 g/mol. The van der Waals surface area contributed by atoms with Crippen molar-refractivity contribution in [1.82, 2.24) is 16.0 Å². The van der Waals surface area contributed by atoms with Crippen LogP contribution in [0.4, 0.5) is 0 Å². The zero-order valence-corrected chi connectivity index (χ0v) is 22.1. The average Bonchev–Trinajstić information content (AvgIpc) is 2.83. The van der Waals surface area contributed by atoms with Gasteiger partial charge in [0, 0.05) is 25.3 Å². The first-order valence-corrected chi connectivity index (χ1v) is 12.7. The number of carbonyl (C=O) groups is 4. The molecule has 0 saturated heterocycles. The molecule has 2 rings (SSSR count). The molecule has 3 amide bonds. The first-order valence-electron chi connectivity index (χ1n) is 12.7. The van der Waals surface area contributed by atoms with E-state index in [1.807, 2.05) is 58.0 Å². The number of aromatic hydroxyl groups is 1. The van der Waals surface area contributed by atoms with Crippen molar-refractivity contribution in [3.05, 3.63) is 65.7 Å². The number of nitrogens with one attached hydrogen (secondary N) is 3. The van der Waals surface area contributed by atoms with Crippen molar-refractivity contribution in [2.45, 2.75) is 71.5 Å². The fraction of sp³-hybridized carbons (Fsp3) is 0.448. The summed E-state index contributed by atoms with van der Waals surface area (Å²) in [5.74, 6) is -1.14. The van der Waals surface area contributed by atoms with Gasteiger partial charge in [0.1, 0.15) is 24.1 Å². The van der Waals surface area contributed by atoms with Crippen molar-refractivity contribution in [2.75, 3.05) is 0 Å². The summed E-state index contributed by atoms with van der Waals surface area (Å²) in [6.45, 7) is 7.48. The van der Waals surface area contributed by atoms with Crippen molar-refractivity contribution in [3.63, 3.8) is 0 Å². The minimum atomic E-state index is -0.903. The van der Waals surface area contributed by atoms with E-state index in [1.165, 1.54) is 12.1 Å². The number of phenols is 1. The van der Waals surface area contributed by atoms with Crippen molar-refractivity contribution in [1.29, 1.82) is 0 Å². The Morgan fingerprint density at radius 3 is 2.00 bits per heavy atom. The maximum Gasteiger partial charge on any atom is 0.243 e. The molecule has 8 nitrogen and oxygen atoms in total. The van der Waals surface area contributed by atoms with E-state index in [0.29, 0.717) is 6.42 Å². The summed E-state index contributed by atoms with van der Waals surface area (Å²) >= 11 is 0. The SMILES string of the molecule is CC(C)CC(=O)N[C@H](Cc1ccc(O)cc1)C(=O)N[C@H](C(=O)N[C@@H](CC=O)Cc1ccccc1)C(C)C. The quantitative estimate of drug-likeness (QED) is 0.292. The Balaban J connectivity index is 2.16. The summed E-state index contributed by atoms with van der Waals surface area (Å²) in [5, 5.41) is 18.1. The van der Waals surface area contributed by atoms with E-state index in [0.717, 1.165) is 17.4 Å². The van der Waals surface area contributed by atoms with Gasteiger partial charge in [-0.2, -0.15) is 0 Å². The van der Waals surface area contributed by atoms with E-state index in [1.54, 1.807) is 12.1 Å². The number of amides is 3. The summed E-state index contributed by atoms with van der Waals surface area (Å²) in [5.41, 5.74) is 1.74. The van der Waals surface area contributed by atoms with E-state index < -0.39 is 24.0 Å². The fourth-order valence-corrected chi connectivity index (χ4v) is 3.99. The van der Waals surface area contributed by atoms with Gasteiger partial charge >= 0.3 is 0 Å². The highest BCUT2D eigenvalue weighted by Gasteiger charge is 2.30. The van der Waals surface area contributed by atoms with Crippen LogP contribution in [0.25, 0.3) is 0 Å². The zero-order valence-electron chi connectivity index (χ0n) is 22.1. The lowest BCUT2D eigenvalue weighted by atomic mass is 9.99. The van der Waals surface area contributed by atoms with Gasteiger partial charge in [0.25, 0.3) is 0 Å². The third-order valence-electron chi connectivity index (χ3n) is 5.92. The van der Waals surface area contributed by atoms with Crippen LogP contribution in [0, 0.1) is 11.8 Å².